The van der Waals surface area contributed by atoms with Crippen LogP contribution in [0.5, 0.6) is 5.75 Å². The van der Waals surface area contributed by atoms with Gasteiger partial charge in [-0.15, -0.1) is 0 Å². The fourth-order valence-electron chi connectivity index (χ4n) is 4.29. The van der Waals surface area contributed by atoms with Crippen molar-refractivity contribution in [2.75, 3.05) is 20.3 Å². The summed E-state index contributed by atoms with van der Waals surface area (Å²) in [7, 11) is 1.63. The van der Waals surface area contributed by atoms with Crippen LogP contribution in [0.2, 0.25) is 5.02 Å². The minimum atomic E-state index is -0.273. The summed E-state index contributed by atoms with van der Waals surface area (Å²) in [5.41, 5.74) is 5.35. The van der Waals surface area contributed by atoms with Crippen LogP contribution in [0.25, 0.3) is 22.4 Å². The third kappa shape index (κ3) is 6.05. The lowest BCUT2D eigenvalue weighted by Crippen LogP contribution is -2.31. The quantitative estimate of drug-likeness (QED) is 0.318. The molecule has 0 radical (unpaired) electrons. The van der Waals surface area contributed by atoms with Crippen molar-refractivity contribution in [1.29, 1.82) is 0 Å². The van der Waals surface area contributed by atoms with Gasteiger partial charge >= 0.3 is 5.97 Å². The molecular formula is C29H31ClN2O4. The lowest BCUT2D eigenvalue weighted by Gasteiger charge is -2.24. The Hall–Kier alpha value is -3.38. The van der Waals surface area contributed by atoms with Gasteiger partial charge in [0.05, 0.1) is 30.9 Å². The summed E-state index contributed by atoms with van der Waals surface area (Å²) in [5, 5.41) is 0.575. The highest BCUT2D eigenvalue weighted by Gasteiger charge is 2.33. The molecule has 0 spiro atoms. The number of hydrogen-bond donors (Lipinski definition) is 0. The fraction of sp³-hybridized carbons (Fsp3) is 0.345. The van der Waals surface area contributed by atoms with E-state index in [0.717, 1.165) is 46.4 Å². The summed E-state index contributed by atoms with van der Waals surface area (Å²) < 4.78 is 10.8. The van der Waals surface area contributed by atoms with Crippen molar-refractivity contribution in [3.8, 4) is 28.1 Å². The highest BCUT2D eigenvalue weighted by Crippen LogP contribution is 2.37. The molecule has 3 aromatic rings. The molecule has 1 aliphatic carbocycles. The highest BCUT2D eigenvalue weighted by atomic mass is 35.5. The summed E-state index contributed by atoms with van der Waals surface area (Å²) in [6.45, 7) is 5.23. The minimum Gasteiger partial charge on any atom is -0.496 e. The van der Waals surface area contributed by atoms with Gasteiger partial charge in [0.15, 0.2) is 0 Å². The van der Waals surface area contributed by atoms with Crippen molar-refractivity contribution < 1.29 is 19.1 Å². The normalized spacial score (nSPS) is 12.8. The van der Waals surface area contributed by atoms with Crippen molar-refractivity contribution in [1.82, 2.24) is 9.88 Å². The number of aromatic nitrogens is 1. The van der Waals surface area contributed by atoms with Crippen LogP contribution >= 0.6 is 11.6 Å². The lowest BCUT2D eigenvalue weighted by molar-refractivity contribution is -0.142. The molecule has 1 heterocycles. The molecule has 2 aromatic carbocycles. The van der Waals surface area contributed by atoms with Gasteiger partial charge < -0.3 is 14.4 Å². The van der Waals surface area contributed by atoms with Crippen LogP contribution in [0, 0.1) is 5.92 Å². The average molecular weight is 507 g/mol. The SMILES string of the molecule is CCOC(=O)Cc1ccc(OC)c(-c2ccc(-c3ccc(Cl)cn3)cc2CN(CC)C(=O)C2CC2)c1. The second-order valence-corrected chi connectivity index (χ2v) is 9.31. The van der Waals surface area contributed by atoms with Crippen LogP contribution in [0.4, 0.5) is 0 Å². The third-order valence-electron chi connectivity index (χ3n) is 6.32. The standard InChI is InChI=1S/C29H31ClN2O4/c1-4-32(29(34)20-7-8-20)18-22-16-21(26-12-10-23(30)17-31-26)9-11-24(22)25-14-19(6-13-27(25)35-3)15-28(33)36-5-2/h6,9-14,16-17,20H,4-5,7-8,15,18H2,1-3H3. The van der Waals surface area contributed by atoms with Gasteiger partial charge in [-0.3, -0.25) is 14.6 Å². The number of esters is 1. The molecule has 6 nitrogen and oxygen atoms in total. The van der Waals surface area contributed by atoms with E-state index >= 15 is 0 Å². The maximum absolute atomic E-state index is 13.0. The van der Waals surface area contributed by atoms with E-state index in [1.165, 1.54) is 0 Å². The van der Waals surface area contributed by atoms with Crippen molar-refractivity contribution in [2.24, 2.45) is 5.92 Å². The van der Waals surface area contributed by atoms with Gasteiger partial charge in [0.1, 0.15) is 5.75 Å². The van der Waals surface area contributed by atoms with Gasteiger partial charge in [0.25, 0.3) is 0 Å². The molecule has 1 saturated carbocycles. The van der Waals surface area contributed by atoms with E-state index in [0.29, 0.717) is 30.5 Å². The van der Waals surface area contributed by atoms with Crippen molar-refractivity contribution in [2.45, 2.75) is 39.7 Å². The third-order valence-corrected chi connectivity index (χ3v) is 6.54. The number of carbonyl (C=O) groups is 2. The molecule has 0 bridgehead atoms. The highest BCUT2D eigenvalue weighted by molar-refractivity contribution is 6.30. The Morgan fingerprint density at radius 2 is 1.86 bits per heavy atom. The molecule has 7 heteroatoms. The number of ether oxygens (including phenoxy) is 2. The smallest absolute Gasteiger partial charge is 0.310 e. The van der Waals surface area contributed by atoms with Crippen molar-refractivity contribution >= 4 is 23.5 Å². The number of rotatable bonds is 10. The topological polar surface area (TPSA) is 68.7 Å². The molecule has 0 unspecified atom stereocenters. The fourth-order valence-corrected chi connectivity index (χ4v) is 4.40. The Kier molecular flexibility index (Phi) is 8.26. The predicted molar refractivity (Wildman–Crippen MR) is 141 cm³/mol. The molecule has 1 aliphatic rings. The van der Waals surface area contributed by atoms with Crippen LogP contribution in [-0.2, 0) is 27.3 Å². The van der Waals surface area contributed by atoms with Gasteiger partial charge in [0.2, 0.25) is 5.91 Å². The molecule has 0 aliphatic heterocycles. The molecule has 188 valence electrons. The zero-order chi connectivity index (χ0) is 25.7. The first-order chi connectivity index (χ1) is 17.4. The molecule has 0 atom stereocenters. The second kappa shape index (κ2) is 11.6. The molecule has 1 amide bonds. The monoisotopic (exact) mass is 506 g/mol. The summed E-state index contributed by atoms with van der Waals surface area (Å²) in [4.78, 5) is 31.5. The van der Waals surface area contributed by atoms with Crippen LogP contribution in [0.3, 0.4) is 0 Å². The number of halogens is 1. The van der Waals surface area contributed by atoms with E-state index in [9.17, 15) is 9.59 Å². The van der Waals surface area contributed by atoms with Gasteiger partial charge in [-0.2, -0.15) is 0 Å². The average Bonchev–Trinajstić information content (AvgIpc) is 3.73. The molecule has 0 saturated heterocycles. The van der Waals surface area contributed by atoms with Crippen LogP contribution < -0.4 is 4.74 Å². The summed E-state index contributed by atoms with van der Waals surface area (Å²) >= 11 is 6.04. The Morgan fingerprint density at radius 3 is 2.50 bits per heavy atom. The van der Waals surface area contributed by atoms with Crippen molar-refractivity contribution in [3.63, 3.8) is 0 Å². The first kappa shape index (κ1) is 25.7. The maximum Gasteiger partial charge on any atom is 0.310 e. The molecule has 1 fully saturated rings. The van der Waals surface area contributed by atoms with Crippen LogP contribution in [0.15, 0.2) is 54.7 Å². The van der Waals surface area contributed by atoms with E-state index in [1.54, 1.807) is 20.2 Å². The first-order valence-corrected chi connectivity index (χ1v) is 12.7. The van der Waals surface area contributed by atoms with Crippen molar-refractivity contribution in [3.05, 3.63) is 70.9 Å². The Labute approximate surface area is 217 Å². The minimum absolute atomic E-state index is 0.136. The van der Waals surface area contributed by atoms with E-state index < -0.39 is 0 Å². The molecule has 1 aromatic heterocycles. The summed E-state index contributed by atoms with van der Waals surface area (Å²) in [5.74, 6) is 0.751. The maximum atomic E-state index is 13.0. The predicted octanol–water partition coefficient (Wildman–Crippen LogP) is 5.94. The second-order valence-electron chi connectivity index (χ2n) is 8.88. The number of hydrogen-bond acceptors (Lipinski definition) is 5. The zero-order valence-corrected chi connectivity index (χ0v) is 21.7. The Balaban J connectivity index is 1.78. The summed E-state index contributed by atoms with van der Waals surface area (Å²) in [6, 6.07) is 15.5. The van der Waals surface area contributed by atoms with Gasteiger partial charge in [-0.25, -0.2) is 0 Å². The zero-order valence-electron chi connectivity index (χ0n) is 20.9. The number of methoxy groups -OCH3 is 1. The summed E-state index contributed by atoms with van der Waals surface area (Å²) in [6.07, 6.45) is 3.72. The van der Waals surface area contributed by atoms with E-state index in [2.05, 4.69) is 11.1 Å². The van der Waals surface area contributed by atoms with Gasteiger partial charge in [-0.1, -0.05) is 29.8 Å². The lowest BCUT2D eigenvalue weighted by atomic mass is 9.93. The number of amides is 1. The van der Waals surface area contributed by atoms with Crippen LogP contribution in [0.1, 0.15) is 37.8 Å². The Bertz CT molecular complexity index is 1240. The van der Waals surface area contributed by atoms with E-state index in [4.69, 9.17) is 21.1 Å². The number of nitrogens with zero attached hydrogens (tertiary/aromatic N) is 2. The number of benzene rings is 2. The number of pyridine rings is 1. The first-order valence-electron chi connectivity index (χ1n) is 12.3. The molecule has 0 N–H and O–H groups in total. The van der Waals surface area contributed by atoms with Gasteiger partial charge in [-0.05, 0) is 73.7 Å². The van der Waals surface area contributed by atoms with Crippen LogP contribution in [-0.4, -0.2) is 42.0 Å². The molecule has 4 rings (SSSR count). The largest absolute Gasteiger partial charge is 0.496 e. The van der Waals surface area contributed by atoms with Gasteiger partial charge in [0, 0.05) is 36.3 Å². The molecule has 36 heavy (non-hydrogen) atoms. The Morgan fingerprint density at radius 1 is 1.06 bits per heavy atom. The van der Waals surface area contributed by atoms with E-state index in [1.807, 2.05) is 54.3 Å². The van der Waals surface area contributed by atoms with E-state index in [-0.39, 0.29) is 24.2 Å². The molecular weight excluding hydrogens is 476 g/mol. The number of carbonyl (C=O) groups excluding carboxylic acids is 2.